The maximum Gasteiger partial charge on any atom is 0.263 e. The lowest BCUT2D eigenvalue weighted by molar-refractivity contribution is -0.123. The average Bonchev–Trinajstić information content (AvgIpc) is 3.19. The zero-order chi connectivity index (χ0) is 20.7. The number of nitrogens with one attached hydrogen (secondary N) is 1. The van der Waals surface area contributed by atoms with Crippen molar-refractivity contribution in [2.45, 2.75) is 25.9 Å². The van der Waals surface area contributed by atoms with Crippen molar-refractivity contribution in [2.75, 3.05) is 16.8 Å². The standard InChI is InChI=1S/C20H18FN5O3/c1-11-3-6-14(9-12(11)2)22-16(27)10-25-18-17(23-24-25)19(28)26(20(18)29)15-7-4-13(21)5-8-15/h3-9,17-18H,10H2,1-2H3,(H,22,27)/t17-,18+/m1/s1. The minimum Gasteiger partial charge on any atom is -0.324 e. The van der Waals surface area contributed by atoms with Gasteiger partial charge in [0, 0.05) is 5.69 Å². The van der Waals surface area contributed by atoms with E-state index in [2.05, 4.69) is 15.7 Å². The predicted octanol–water partition coefficient (Wildman–Crippen LogP) is 2.37. The molecule has 2 aliphatic rings. The number of carbonyl (C=O) groups excluding carboxylic acids is 3. The summed E-state index contributed by atoms with van der Waals surface area (Å²) in [5, 5.41) is 11.7. The van der Waals surface area contributed by atoms with E-state index in [-0.39, 0.29) is 18.1 Å². The first-order chi connectivity index (χ1) is 13.8. The Labute approximate surface area is 166 Å². The van der Waals surface area contributed by atoms with Crippen molar-refractivity contribution in [2.24, 2.45) is 10.3 Å². The van der Waals surface area contributed by atoms with Gasteiger partial charge in [0.25, 0.3) is 11.8 Å². The number of hydrogen-bond donors (Lipinski definition) is 1. The zero-order valence-corrected chi connectivity index (χ0v) is 15.8. The molecule has 4 rings (SSSR count). The smallest absolute Gasteiger partial charge is 0.263 e. The van der Waals surface area contributed by atoms with Crippen LogP contribution in [0.25, 0.3) is 0 Å². The van der Waals surface area contributed by atoms with E-state index in [4.69, 9.17) is 0 Å². The van der Waals surface area contributed by atoms with E-state index in [1.54, 1.807) is 6.07 Å². The Bertz CT molecular complexity index is 1040. The van der Waals surface area contributed by atoms with Crippen molar-refractivity contribution in [1.82, 2.24) is 5.01 Å². The third-order valence-corrected chi connectivity index (χ3v) is 5.04. The lowest BCUT2D eigenvalue weighted by atomic mass is 10.1. The Hall–Kier alpha value is -3.62. The maximum absolute atomic E-state index is 13.2. The van der Waals surface area contributed by atoms with Gasteiger partial charge in [-0.25, -0.2) is 9.29 Å². The van der Waals surface area contributed by atoms with Crippen LogP contribution in [0.3, 0.4) is 0 Å². The number of fused-ring (bicyclic) bond motifs is 1. The molecule has 2 aromatic carbocycles. The van der Waals surface area contributed by atoms with Gasteiger partial charge in [0.2, 0.25) is 5.91 Å². The molecule has 2 heterocycles. The monoisotopic (exact) mass is 395 g/mol. The highest BCUT2D eigenvalue weighted by molar-refractivity contribution is 6.25. The minimum atomic E-state index is -1.01. The molecule has 9 heteroatoms. The molecule has 0 saturated carbocycles. The van der Waals surface area contributed by atoms with Crippen LogP contribution in [0.1, 0.15) is 11.1 Å². The van der Waals surface area contributed by atoms with Gasteiger partial charge in [0.05, 0.1) is 5.69 Å². The third-order valence-electron chi connectivity index (χ3n) is 5.04. The number of aryl methyl sites for hydroxylation is 2. The summed E-state index contributed by atoms with van der Waals surface area (Å²) in [5.74, 6) is -1.95. The molecule has 0 aromatic heterocycles. The van der Waals surface area contributed by atoms with E-state index in [0.29, 0.717) is 5.69 Å². The number of nitrogens with zero attached hydrogens (tertiary/aromatic N) is 4. The Morgan fingerprint density at radius 3 is 2.48 bits per heavy atom. The molecule has 0 unspecified atom stereocenters. The fourth-order valence-corrected chi connectivity index (χ4v) is 3.37. The third kappa shape index (κ3) is 3.35. The molecule has 0 radical (unpaired) electrons. The van der Waals surface area contributed by atoms with Gasteiger partial charge in [-0.3, -0.25) is 19.4 Å². The number of hydrogen-bond acceptors (Lipinski definition) is 6. The van der Waals surface area contributed by atoms with Crippen LogP contribution in [-0.2, 0) is 14.4 Å². The van der Waals surface area contributed by atoms with Crippen molar-refractivity contribution < 1.29 is 18.8 Å². The van der Waals surface area contributed by atoms with Crippen LogP contribution in [0.4, 0.5) is 15.8 Å². The van der Waals surface area contributed by atoms with Crippen molar-refractivity contribution in [1.29, 1.82) is 0 Å². The summed E-state index contributed by atoms with van der Waals surface area (Å²) in [5.41, 5.74) is 3.03. The summed E-state index contributed by atoms with van der Waals surface area (Å²) in [6.07, 6.45) is 0. The van der Waals surface area contributed by atoms with Gasteiger partial charge in [0.15, 0.2) is 12.1 Å². The van der Waals surface area contributed by atoms with Crippen molar-refractivity contribution in [3.8, 4) is 0 Å². The summed E-state index contributed by atoms with van der Waals surface area (Å²) < 4.78 is 13.2. The van der Waals surface area contributed by atoms with Gasteiger partial charge in [-0.2, -0.15) is 5.11 Å². The van der Waals surface area contributed by atoms with E-state index in [1.807, 2.05) is 26.0 Å². The highest BCUT2D eigenvalue weighted by atomic mass is 19.1. The second-order valence-electron chi connectivity index (χ2n) is 7.03. The molecule has 2 aromatic rings. The largest absolute Gasteiger partial charge is 0.324 e. The number of rotatable bonds is 4. The second kappa shape index (κ2) is 7.08. The van der Waals surface area contributed by atoms with Crippen LogP contribution in [0.15, 0.2) is 52.8 Å². The molecule has 1 fully saturated rings. The molecular weight excluding hydrogens is 377 g/mol. The maximum atomic E-state index is 13.2. The molecule has 148 valence electrons. The molecule has 1 N–H and O–H groups in total. The van der Waals surface area contributed by atoms with E-state index in [0.717, 1.165) is 16.0 Å². The van der Waals surface area contributed by atoms with Gasteiger partial charge < -0.3 is 5.32 Å². The van der Waals surface area contributed by atoms with Crippen molar-refractivity contribution in [3.05, 3.63) is 59.4 Å². The van der Waals surface area contributed by atoms with Gasteiger partial charge in [-0.15, -0.1) is 0 Å². The fourth-order valence-electron chi connectivity index (χ4n) is 3.37. The van der Waals surface area contributed by atoms with Crippen LogP contribution < -0.4 is 10.2 Å². The summed E-state index contributed by atoms with van der Waals surface area (Å²) in [7, 11) is 0. The zero-order valence-electron chi connectivity index (χ0n) is 15.8. The Morgan fingerprint density at radius 2 is 1.79 bits per heavy atom. The predicted molar refractivity (Wildman–Crippen MR) is 103 cm³/mol. The number of carbonyl (C=O) groups is 3. The number of benzene rings is 2. The first-order valence-corrected chi connectivity index (χ1v) is 9.03. The van der Waals surface area contributed by atoms with Gasteiger partial charge in [0.1, 0.15) is 12.4 Å². The molecule has 0 spiro atoms. The number of amides is 3. The number of anilines is 2. The molecular formula is C20H18FN5O3. The molecule has 3 amide bonds. The van der Waals surface area contributed by atoms with Gasteiger partial charge in [-0.1, -0.05) is 11.3 Å². The van der Waals surface area contributed by atoms with Crippen LogP contribution in [0, 0.1) is 19.7 Å². The van der Waals surface area contributed by atoms with E-state index in [9.17, 15) is 18.8 Å². The first kappa shape index (κ1) is 18.7. The van der Waals surface area contributed by atoms with Crippen LogP contribution in [0.2, 0.25) is 0 Å². The molecule has 0 aliphatic carbocycles. The molecule has 1 saturated heterocycles. The summed E-state index contributed by atoms with van der Waals surface area (Å²) in [4.78, 5) is 38.8. The Balaban J connectivity index is 1.48. The van der Waals surface area contributed by atoms with E-state index >= 15 is 0 Å². The minimum absolute atomic E-state index is 0.228. The average molecular weight is 395 g/mol. The summed E-state index contributed by atoms with van der Waals surface area (Å²) in [6, 6.07) is 8.56. The van der Waals surface area contributed by atoms with Crippen LogP contribution in [0.5, 0.6) is 0 Å². The highest BCUT2D eigenvalue weighted by Crippen LogP contribution is 2.31. The van der Waals surface area contributed by atoms with Crippen molar-refractivity contribution >= 4 is 29.1 Å². The summed E-state index contributed by atoms with van der Waals surface area (Å²) in [6.45, 7) is 3.69. The molecule has 2 aliphatic heterocycles. The topological polar surface area (TPSA) is 94.4 Å². The van der Waals surface area contributed by atoms with E-state index in [1.165, 1.54) is 29.3 Å². The van der Waals surface area contributed by atoms with Gasteiger partial charge >= 0.3 is 0 Å². The quantitative estimate of drug-likeness (QED) is 0.804. The van der Waals surface area contributed by atoms with Crippen LogP contribution >= 0.6 is 0 Å². The number of halogens is 1. The number of imide groups is 1. The normalized spacial score (nSPS) is 20.4. The molecule has 8 nitrogen and oxygen atoms in total. The fraction of sp³-hybridized carbons (Fsp3) is 0.250. The molecule has 29 heavy (non-hydrogen) atoms. The highest BCUT2D eigenvalue weighted by Gasteiger charge is 2.55. The molecule has 0 bridgehead atoms. The second-order valence-corrected chi connectivity index (χ2v) is 7.03. The first-order valence-electron chi connectivity index (χ1n) is 9.03. The SMILES string of the molecule is Cc1ccc(NC(=O)CN2N=N[C@H]3C(=O)N(c4ccc(F)cc4)C(=O)[C@H]32)cc1C. The lowest BCUT2D eigenvalue weighted by Crippen LogP contribution is -2.43. The van der Waals surface area contributed by atoms with Crippen molar-refractivity contribution in [3.63, 3.8) is 0 Å². The van der Waals surface area contributed by atoms with E-state index < -0.39 is 29.7 Å². The Kier molecular flexibility index (Phi) is 4.57. The van der Waals surface area contributed by atoms with Crippen LogP contribution in [-0.4, -0.2) is 41.4 Å². The Morgan fingerprint density at radius 1 is 1.07 bits per heavy atom. The lowest BCUT2D eigenvalue weighted by Gasteiger charge is -2.20. The van der Waals surface area contributed by atoms with Gasteiger partial charge in [-0.05, 0) is 61.4 Å². The molecule has 2 atom stereocenters. The summed E-state index contributed by atoms with van der Waals surface area (Å²) >= 11 is 0.